The van der Waals surface area contributed by atoms with Gasteiger partial charge in [0.2, 0.25) is 22.5 Å². The van der Waals surface area contributed by atoms with E-state index in [0.717, 1.165) is 16.2 Å². The molecule has 39 heavy (non-hydrogen) atoms. The first-order chi connectivity index (χ1) is 18.4. The molecule has 1 unspecified atom stereocenters. The lowest BCUT2D eigenvalue weighted by atomic mass is 10.0. The van der Waals surface area contributed by atoms with Gasteiger partial charge in [0.25, 0.3) is 19.8 Å². The van der Waals surface area contributed by atoms with E-state index in [1.807, 2.05) is 0 Å². The molecule has 2 aromatic rings. The Morgan fingerprint density at radius 1 is 1.36 bits per heavy atom. The van der Waals surface area contributed by atoms with Crippen LogP contribution < -0.4 is 10.6 Å². The fraction of sp³-hybridized carbons (Fsp3) is 0.526. The quantitative estimate of drug-likeness (QED) is 0.132. The lowest BCUT2D eigenvalue weighted by Crippen LogP contribution is -2.73. The zero-order valence-corrected chi connectivity index (χ0v) is 23.5. The number of anilines is 1. The molecular weight excluding hydrogens is 575 g/mol. The maximum absolute atomic E-state index is 13.2. The molecule has 0 aliphatic carbocycles. The molecule has 4 heterocycles. The van der Waals surface area contributed by atoms with Crippen LogP contribution in [0, 0.1) is 0 Å². The molecule has 2 N–H and O–H groups in total. The summed E-state index contributed by atoms with van der Waals surface area (Å²) in [5.74, 6) is -1.59. The Morgan fingerprint density at radius 2 is 2.10 bits per heavy atom. The van der Waals surface area contributed by atoms with Crippen molar-refractivity contribution in [2.45, 2.75) is 44.7 Å². The lowest BCUT2D eigenvalue weighted by Gasteiger charge is -2.49. The van der Waals surface area contributed by atoms with Gasteiger partial charge in [-0.3, -0.25) is 24.0 Å². The van der Waals surface area contributed by atoms with Gasteiger partial charge in [-0.2, -0.15) is 9.36 Å². The highest BCUT2D eigenvalue weighted by molar-refractivity contribution is 7.86. The molecule has 1 saturated heterocycles. The number of carbonyl (C=O) groups excluding carboxylic acids is 3. The predicted molar refractivity (Wildman–Crippen MR) is 140 cm³/mol. The first kappa shape index (κ1) is 28.6. The number of tetrazole rings is 1. The molecule has 0 bridgehead atoms. The number of β-lactam (4-membered cyclic amide) rings is 1. The average molecular weight is 597 g/mol. The van der Waals surface area contributed by atoms with Crippen molar-refractivity contribution in [1.29, 1.82) is 0 Å². The fourth-order valence-electron chi connectivity index (χ4n) is 3.57. The van der Waals surface area contributed by atoms with Gasteiger partial charge in [0.05, 0.1) is 22.2 Å². The molecule has 20 heteroatoms. The number of oxime groups is 1. The summed E-state index contributed by atoms with van der Waals surface area (Å²) < 4.78 is 23.0. The van der Waals surface area contributed by atoms with Crippen LogP contribution >= 0.6 is 23.1 Å². The fourth-order valence-corrected chi connectivity index (χ4v) is 6.15. The van der Waals surface area contributed by atoms with E-state index < -0.39 is 45.7 Å². The van der Waals surface area contributed by atoms with Crippen LogP contribution in [0.4, 0.5) is 9.93 Å². The first-order valence-corrected chi connectivity index (χ1v) is 14.0. The molecule has 2 aromatic heterocycles. The van der Waals surface area contributed by atoms with Gasteiger partial charge < -0.3 is 14.9 Å². The zero-order valence-electron chi connectivity index (χ0n) is 21.1. The molecule has 1 fully saturated rings. The van der Waals surface area contributed by atoms with E-state index >= 15 is 0 Å². The Bertz CT molecular complexity index is 1390. The maximum atomic E-state index is 13.2. The predicted octanol–water partition coefficient (Wildman–Crippen LogP) is -0.391. The average Bonchev–Trinajstić information content (AvgIpc) is 3.49. The number of rotatable bonds is 8. The van der Waals surface area contributed by atoms with Gasteiger partial charge in [-0.1, -0.05) is 10.4 Å². The molecule has 0 spiro atoms. The molecule has 2 aliphatic heterocycles. The van der Waals surface area contributed by atoms with Crippen molar-refractivity contribution in [3.63, 3.8) is 0 Å². The van der Waals surface area contributed by atoms with Crippen LogP contribution in [-0.2, 0) is 30.0 Å². The monoisotopic (exact) mass is 596 g/mol. The number of ether oxygens (including phenoxy) is 1. The Labute approximate surface area is 234 Å². The number of nitrogens with one attached hydrogen (secondary N) is 2. The third-order valence-corrected chi connectivity index (χ3v) is 7.65. The number of aromatic nitrogens is 6. The number of carbonyl (C=O) groups is 3. The van der Waals surface area contributed by atoms with Crippen molar-refractivity contribution in [1.82, 2.24) is 39.7 Å². The van der Waals surface area contributed by atoms with Crippen molar-refractivity contribution in [3.8, 4) is 0 Å². The Morgan fingerprint density at radius 3 is 2.72 bits per heavy atom. The van der Waals surface area contributed by atoms with E-state index in [4.69, 9.17) is 29.2 Å². The van der Waals surface area contributed by atoms with E-state index in [1.165, 1.54) is 4.90 Å². The van der Waals surface area contributed by atoms with Crippen LogP contribution in [-0.4, -0.2) is 105 Å². The second-order valence-corrected chi connectivity index (χ2v) is 11.6. The van der Waals surface area contributed by atoms with Gasteiger partial charge in [-0.25, -0.2) is 9.50 Å². The Hall–Kier alpha value is -3.45. The van der Waals surface area contributed by atoms with Crippen molar-refractivity contribution >= 4 is 76.4 Å². The molecule has 0 saturated carbocycles. The third-order valence-electron chi connectivity index (χ3n) is 5.04. The van der Waals surface area contributed by atoms with E-state index in [0.29, 0.717) is 5.57 Å². The molecular formula is C19H22BClN10O6S2. The molecule has 4 rings (SSSR count). The highest BCUT2D eigenvalue weighted by Gasteiger charge is 2.56. The molecule has 3 amide bonds. The number of alkyl halides is 1. The summed E-state index contributed by atoms with van der Waals surface area (Å²) in [4.78, 5) is 48.8. The highest BCUT2D eigenvalue weighted by Crippen LogP contribution is 2.38. The number of amides is 3. The summed E-state index contributed by atoms with van der Waals surface area (Å²) in [6.07, 6.45) is -0.762. The summed E-state index contributed by atoms with van der Waals surface area (Å²) in [5, 5.41) is 19.2. The summed E-state index contributed by atoms with van der Waals surface area (Å²) in [6, 6.07) is -1.18. The topological polar surface area (TPSA) is 196 Å². The Kier molecular flexibility index (Phi) is 8.31. The normalized spacial score (nSPS) is 21.3. The van der Waals surface area contributed by atoms with Crippen LogP contribution in [0.25, 0.3) is 5.70 Å². The number of halogens is 1. The minimum Gasteiger partial charge on any atom is -0.444 e. The second-order valence-electron chi connectivity index (χ2n) is 9.00. The van der Waals surface area contributed by atoms with Gasteiger partial charge in [-0.05, 0) is 33.3 Å². The number of nitrogens with zero attached hydrogens (tertiary/aromatic N) is 8. The van der Waals surface area contributed by atoms with E-state index in [1.54, 1.807) is 27.7 Å². The summed E-state index contributed by atoms with van der Waals surface area (Å²) >= 11 is 6.81. The van der Waals surface area contributed by atoms with Gasteiger partial charge in [0.15, 0.2) is 0 Å². The van der Waals surface area contributed by atoms with Crippen LogP contribution in [0.2, 0.25) is 0 Å². The maximum Gasteiger partial charge on any atom is 0.414 e. The van der Waals surface area contributed by atoms with Crippen LogP contribution in [0.5, 0.6) is 0 Å². The van der Waals surface area contributed by atoms with Crippen LogP contribution in [0.15, 0.2) is 10.7 Å². The van der Waals surface area contributed by atoms with Gasteiger partial charge >= 0.3 is 6.09 Å². The number of hydrogen-bond acceptors (Lipinski definition) is 13. The van der Waals surface area contributed by atoms with E-state index in [-0.39, 0.29) is 46.4 Å². The zero-order chi connectivity index (χ0) is 28.5. The molecule has 2 radical (unpaired) electrons. The van der Waals surface area contributed by atoms with Gasteiger partial charge in [0.1, 0.15) is 23.6 Å². The molecule has 0 aromatic carbocycles. The second kappa shape index (κ2) is 11.3. The van der Waals surface area contributed by atoms with Crippen molar-refractivity contribution in [3.05, 3.63) is 17.2 Å². The standard InChI is InChI=1S/C19H22BClN10O6S2/c1-5-36-27-9(12-23-17(38-28-12)24-18(34)37-19(2,3)4)14(32)22-10-15(33)30-11(13-25-29-31(20)26-13)8(6-21)7-39(35)16(10)30/h10,16H,5-7H2,1-4H3,(H,22,32)(H,23,24,28,34)/b27-9-/t10-,16-,39?/m1/s1. The molecule has 206 valence electrons. The Balaban J connectivity index is 1.53. The van der Waals surface area contributed by atoms with Crippen LogP contribution in [0.3, 0.4) is 0 Å². The van der Waals surface area contributed by atoms with E-state index in [2.05, 4.69) is 40.6 Å². The summed E-state index contributed by atoms with van der Waals surface area (Å²) in [5.41, 5.74) is -0.391. The van der Waals surface area contributed by atoms with Crippen molar-refractivity contribution in [2.75, 3.05) is 23.6 Å². The smallest absolute Gasteiger partial charge is 0.414 e. The lowest BCUT2D eigenvalue weighted by molar-refractivity contribution is -0.143. The molecule has 2 aliphatic rings. The SMILES string of the molecule is [B]n1nnc(C2=C(CCl)CS(=O)[C@@H]3[C@H](NC(=O)/C(=N\OCC)c4nsc(NC(=O)OC(C)(C)C)n4)C(=O)N23)n1. The summed E-state index contributed by atoms with van der Waals surface area (Å²) in [6.45, 7) is 6.87. The van der Waals surface area contributed by atoms with Gasteiger partial charge in [-0.15, -0.1) is 21.8 Å². The van der Waals surface area contributed by atoms with Crippen molar-refractivity contribution in [2.24, 2.45) is 5.16 Å². The number of fused-ring (bicyclic) bond motifs is 1. The molecule has 16 nitrogen and oxygen atoms in total. The first-order valence-electron chi connectivity index (χ1n) is 11.3. The molecule has 3 atom stereocenters. The van der Waals surface area contributed by atoms with E-state index in [9.17, 15) is 18.6 Å². The van der Waals surface area contributed by atoms with Crippen molar-refractivity contribution < 1.29 is 28.2 Å². The summed E-state index contributed by atoms with van der Waals surface area (Å²) in [7, 11) is 3.88. The minimum atomic E-state index is -1.61. The largest absolute Gasteiger partial charge is 0.444 e. The van der Waals surface area contributed by atoms with Gasteiger partial charge in [0, 0.05) is 17.4 Å². The van der Waals surface area contributed by atoms with Crippen LogP contribution in [0.1, 0.15) is 39.3 Å². The third kappa shape index (κ3) is 6.09. The minimum absolute atomic E-state index is 0.0198. The highest BCUT2D eigenvalue weighted by atomic mass is 35.5. The number of hydrogen-bond donors (Lipinski definition) is 2.